The molecule has 0 bridgehead atoms. The molecule has 0 unspecified atom stereocenters. The van der Waals surface area contributed by atoms with E-state index >= 15 is 0 Å². The lowest BCUT2D eigenvalue weighted by molar-refractivity contribution is -0.145. The third-order valence-electron chi connectivity index (χ3n) is 8.77. The number of hydrogen-bond donors (Lipinski definition) is 3. The Balaban J connectivity index is 1.68. The third kappa shape index (κ3) is 7.15. The van der Waals surface area contributed by atoms with Gasteiger partial charge in [0.25, 0.3) is 0 Å². The first kappa shape index (κ1) is 29.6. The SMILES string of the molecule is C=C1/C(=C\C=C2/CCC[C@]3(C)[C@@H]([C@H](C)CC#CC(C)(C)O)CC[C@@H]23)C[C@@H](O)[C@H](OCCC(=O)OC)[C@@H]1O. The normalized spacial score (nSPS) is 35.1. The quantitative estimate of drug-likeness (QED) is 0.342. The first-order chi connectivity index (χ1) is 17.4. The lowest BCUT2D eigenvalue weighted by Crippen LogP contribution is -2.45. The fraction of sp³-hybridized carbons (Fsp3) is 0.710. The van der Waals surface area contributed by atoms with Crippen LogP contribution in [0.1, 0.15) is 79.1 Å². The molecule has 3 aliphatic rings. The standard InChI is InChI=1S/C31H46O6/c1-20(9-7-16-30(3,4)35)24-13-14-25-22(10-8-17-31(24,25)5)11-12-23-19-26(32)29(28(34)21(23)2)37-18-15-27(33)36-6/h11-12,20,24-26,28-29,32,34-35H,2,8-10,13-15,17-19H2,1,3-6H3/b22-11+,23-12-/t20-,24-,25+,26-,28-,29+,31-/m1/s1. The van der Waals surface area contributed by atoms with Gasteiger partial charge >= 0.3 is 5.97 Å². The zero-order valence-electron chi connectivity index (χ0n) is 23.3. The number of fused-ring (bicyclic) bond motifs is 1. The van der Waals surface area contributed by atoms with Crippen molar-refractivity contribution in [1.29, 1.82) is 0 Å². The second-order valence-electron chi connectivity index (χ2n) is 12.0. The van der Waals surface area contributed by atoms with Crippen molar-refractivity contribution < 1.29 is 29.6 Å². The minimum absolute atomic E-state index is 0.0689. The molecule has 0 saturated heterocycles. The van der Waals surface area contributed by atoms with Crippen LogP contribution in [0.4, 0.5) is 0 Å². The van der Waals surface area contributed by atoms with E-state index in [0.29, 0.717) is 29.7 Å². The molecule has 6 heteroatoms. The maximum Gasteiger partial charge on any atom is 0.307 e. The van der Waals surface area contributed by atoms with Crippen molar-refractivity contribution in [3.05, 3.63) is 35.5 Å². The molecule has 37 heavy (non-hydrogen) atoms. The molecule has 0 heterocycles. The van der Waals surface area contributed by atoms with Gasteiger partial charge in [-0.25, -0.2) is 0 Å². The van der Waals surface area contributed by atoms with Crippen LogP contribution in [0.3, 0.4) is 0 Å². The van der Waals surface area contributed by atoms with Crippen LogP contribution in [-0.4, -0.2) is 58.9 Å². The van der Waals surface area contributed by atoms with Crippen LogP contribution in [0, 0.1) is 35.0 Å². The molecule has 0 aromatic carbocycles. The van der Waals surface area contributed by atoms with Gasteiger partial charge in [0.05, 0.1) is 26.2 Å². The Morgan fingerprint density at radius 2 is 2.03 bits per heavy atom. The van der Waals surface area contributed by atoms with Crippen molar-refractivity contribution in [3.63, 3.8) is 0 Å². The monoisotopic (exact) mass is 514 g/mol. The van der Waals surface area contributed by atoms with E-state index in [4.69, 9.17) is 4.74 Å². The third-order valence-corrected chi connectivity index (χ3v) is 8.77. The molecule has 0 aromatic heterocycles. The number of aliphatic hydroxyl groups is 3. The summed E-state index contributed by atoms with van der Waals surface area (Å²) in [6.07, 6.45) is 8.56. The average Bonchev–Trinajstić information content (AvgIpc) is 3.19. The second-order valence-corrected chi connectivity index (χ2v) is 12.0. The van der Waals surface area contributed by atoms with E-state index < -0.39 is 29.9 Å². The first-order valence-electron chi connectivity index (χ1n) is 13.7. The molecule has 0 aliphatic heterocycles. The van der Waals surface area contributed by atoms with Gasteiger partial charge in [-0.05, 0) is 80.3 Å². The molecule has 0 aromatic rings. The molecule has 3 aliphatic carbocycles. The second kappa shape index (κ2) is 12.3. The molecule has 6 nitrogen and oxygen atoms in total. The maximum atomic E-state index is 11.3. The predicted molar refractivity (Wildman–Crippen MR) is 144 cm³/mol. The minimum atomic E-state index is -1.02. The van der Waals surface area contributed by atoms with E-state index in [9.17, 15) is 20.1 Å². The highest BCUT2D eigenvalue weighted by Crippen LogP contribution is 2.59. The first-order valence-corrected chi connectivity index (χ1v) is 13.7. The van der Waals surface area contributed by atoms with Crippen molar-refractivity contribution in [2.45, 2.75) is 103 Å². The van der Waals surface area contributed by atoms with Gasteiger partial charge in [0, 0.05) is 12.8 Å². The van der Waals surface area contributed by atoms with Crippen LogP contribution >= 0.6 is 0 Å². The summed E-state index contributed by atoms with van der Waals surface area (Å²) in [5, 5.41) is 31.3. The van der Waals surface area contributed by atoms with E-state index in [1.807, 2.05) is 6.08 Å². The van der Waals surface area contributed by atoms with Gasteiger partial charge in [-0.2, -0.15) is 0 Å². The summed E-state index contributed by atoms with van der Waals surface area (Å²) in [6, 6.07) is 0. The van der Waals surface area contributed by atoms with E-state index in [-0.39, 0.29) is 18.4 Å². The molecule has 3 N–H and O–H groups in total. The average molecular weight is 515 g/mol. The lowest BCUT2D eigenvalue weighted by Gasteiger charge is -2.44. The Morgan fingerprint density at radius 1 is 1.30 bits per heavy atom. The number of hydrogen-bond acceptors (Lipinski definition) is 6. The summed E-state index contributed by atoms with van der Waals surface area (Å²) >= 11 is 0. The van der Waals surface area contributed by atoms with Crippen LogP contribution in [0.25, 0.3) is 0 Å². The van der Waals surface area contributed by atoms with E-state index in [0.717, 1.165) is 24.8 Å². The predicted octanol–water partition coefficient (Wildman–Crippen LogP) is 4.49. The Bertz CT molecular complexity index is 960. The molecule has 0 spiro atoms. The fourth-order valence-corrected chi connectivity index (χ4v) is 6.82. The number of rotatable bonds is 7. The highest BCUT2D eigenvalue weighted by Gasteiger charge is 2.50. The summed E-state index contributed by atoms with van der Waals surface area (Å²) in [5.41, 5.74) is 2.14. The molecule has 3 fully saturated rings. The largest absolute Gasteiger partial charge is 0.469 e. The highest BCUT2D eigenvalue weighted by molar-refractivity contribution is 5.69. The number of aliphatic hydroxyl groups excluding tert-OH is 2. The number of carbonyl (C=O) groups excluding carboxylic acids is 1. The van der Waals surface area contributed by atoms with Crippen LogP contribution in [0.15, 0.2) is 35.5 Å². The van der Waals surface area contributed by atoms with Crippen LogP contribution in [-0.2, 0) is 14.3 Å². The van der Waals surface area contributed by atoms with Gasteiger partial charge in [0.1, 0.15) is 17.8 Å². The van der Waals surface area contributed by atoms with Gasteiger partial charge in [-0.15, -0.1) is 5.92 Å². The Labute approximate surface area is 222 Å². The van der Waals surface area contributed by atoms with Crippen molar-refractivity contribution in [2.75, 3.05) is 13.7 Å². The van der Waals surface area contributed by atoms with E-state index in [1.54, 1.807) is 13.8 Å². The zero-order valence-corrected chi connectivity index (χ0v) is 23.3. The smallest absolute Gasteiger partial charge is 0.307 e. The number of methoxy groups -OCH3 is 1. The molecule has 3 saturated carbocycles. The van der Waals surface area contributed by atoms with Crippen LogP contribution in [0.2, 0.25) is 0 Å². The van der Waals surface area contributed by atoms with E-state index in [1.165, 1.54) is 31.9 Å². The van der Waals surface area contributed by atoms with Gasteiger partial charge in [0.15, 0.2) is 0 Å². The Kier molecular flexibility index (Phi) is 9.85. The molecule has 3 rings (SSSR count). The summed E-state index contributed by atoms with van der Waals surface area (Å²) in [5.74, 6) is 7.39. The Hall–Kier alpha value is -1.91. The molecule has 0 radical (unpaired) electrons. The summed E-state index contributed by atoms with van der Waals surface area (Å²) < 4.78 is 10.2. The number of carbonyl (C=O) groups is 1. The molecular weight excluding hydrogens is 468 g/mol. The molecule has 0 amide bonds. The van der Waals surface area contributed by atoms with Crippen LogP contribution in [0.5, 0.6) is 0 Å². The van der Waals surface area contributed by atoms with Crippen molar-refractivity contribution in [1.82, 2.24) is 0 Å². The van der Waals surface area contributed by atoms with Gasteiger partial charge < -0.3 is 24.8 Å². The topological polar surface area (TPSA) is 96.2 Å². The number of esters is 1. The van der Waals surface area contributed by atoms with Crippen molar-refractivity contribution >= 4 is 5.97 Å². The van der Waals surface area contributed by atoms with Crippen molar-refractivity contribution in [2.24, 2.45) is 23.2 Å². The van der Waals surface area contributed by atoms with Crippen LogP contribution < -0.4 is 0 Å². The molecule has 7 atom stereocenters. The zero-order chi connectivity index (χ0) is 27.4. The lowest BCUT2D eigenvalue weighted by atomic mass is 9.61. The number of allylic oxidation sites excluding steroid dienone is 3. The number of ether oxygens (including phenoxy) is 2. The summed E-state index contributed by atoms with van der Waals surface area (Å²) in [7, 11) is 1.32. The molecular formula is C31H46O6. The van der Waals surface area contributed by atoms with Crippen molar-refractivity contribution in [3.8, 4) is 11.8 Å². The summed E-state index contributed by atoms with van der Waals surface area (Å²) in [6.45, 7) is 12.4. The summed E-state index contributed by atoms with van der Waals surface area (Å²) in [4.78, 5) is 11.3. The fourth-order valence-electron chi connectivity index (χ4n) is 6.82. The Morgan fingerprint density at radius 3 is 2.70 bits per heavy atom. The van der Waals surface area contributed by atoms with E-state index in [2.05, 4.69) is 43.1 Å². The van der Waals surface area contributed by atoms with Gasteiger partial charge in [0.2, 0.25) is 0 Å². The minimum Gasteiger partial charge on any atom is -0.469 e. The van der Waals surface area contributed by atoms with Gasteiger partial charge in [-0.3, -0.25) is 4.79 Å². The van der Waals surface area contributed by atoms with Gasteiger partial charge in [-0.1, -0.05) is 44.1 Å². The maximum absolute atomic E-state index is 11.3. The highest BCUT2D eigenvalue weighted by atomic mass is 16.5. The molecule has 206 valence electrons.